The molecule has 0 radical (unpaired) electrons. The van der Waals surface area contributed by atoms with Crippen LogP contribution in [0, 0.1) is 5.92 Å². The first-order valence-electron chi connectivity index (χ1n) is 7.95. The normalized spacial score (nSPS) is 18.3. The summed E-state index contributed by atoms with van der Waals surface area (Å²) in [6.07, 6.45) is 3.20. The van der Waals surface area contributed by atoms with Gasteiger partial charge in [-0.25, -0.2) is 4.98 Å². The molecule has 2 amide bonds. The first kappa shape index (κ1) is 17.2. The third-order valence-electron chi connectivity index (χ3n) is 4.36. The fraction of sp³-hybridized carbons (Fsp3) is 0.562. The monoisotopic (exact) mass is 319 g/mol. The van der Waals surface area contributed by atoms with Crippen molar-refractivity contribution in [3.8, 4) is 0 Å². The molecule has 1 saturated heterocycles. The molecule has 2 atom stereocenters. The largest absolute Gasteiger partial charge is 0.384 e. The molecule has 2 rings (SSSR count). The van der Waals surface area contributed by atoms with Gasteiger partial charge < -0.3 is 21.7 Å². The van der Waals surface area contributed by atoms with Gasteiger partial charge in [0, 0.05) is 25.3 Å². The van der Waals surface area contributed by atoms with Gasteiger partial charge in [0.05, 0.1) is 11.6 Å². The van der Waals surface area contributed by atoms with Gasteiger partial charge in [-0.05, 0) is 44.7 Å². The highest BCUT2D eigenvalue weighted by atomic mass is 16.2. The van der Waals surface area contributed by atoms with Crippen molar-refractivity contribution in [3.05, 3.63) is 23.9 Å². The second-order valence-electron chi connectivity index (χ2n) is 6.19. The van der Waals surface area contributed by atoms with E-state index in [9.17, 15) is 9.59 Å². The Morgan fingerprint density at radius 2 is 1.96 bits per heavy atom. The van der Waals surface area contributed by atoms with E-state index in [0.29, 0.717) is 30.4 Å². The zero-order valence-corrected chi connectivity index (χ0v) is 13.7. The van der Waals surface area contributed by atoms with E-state index in [0.717, 1.165) is 12.8 Å². The average molecular weight is 319 g/mol. The number of likely N-dealkylation sites (tertiary alicyclic amines) is 1. The van der Waals surface area contributed by atoms with Crippen molar-refractivity contribution in [2.24, 2.45) is 11.7 Å². The highest BCUT2D eigenvalue weighted by Crippen LogP contribution is 2.21. The Bertz CT molecular complexity index is 550. The van der Waals surface area contributed by atoms with Crippen LogP contribution < -0.4 is 16.8 Å². The fourth-order valence-electron chi connectivity index (χ4n) is 2.86. The summed E-state index contributed by atoms with van der Waals surface area (Å²) < 4.78 is 0. The van der Waals surface area contributed by atoms with Crippen LogP contribution in [0.1, 0.15) is 37.0 Å². The van der Waals surface area contributed by atoms with Crippen molar-refractivity contribution in [2.45, 2.75) is 38.8 Å². The van der Waals surface area contributed by atoms with Crippen molar-refractivity contribution in [1.82, 2.24) is 15.2 Å². The van der Waals surface area contributed by atoms with Gasteiger partial charge in [-0.2, -0.15) is 0 Å². The molecular weight excluding hydrogens is 294 g/mol. The number of nitrogens with one attached hydrogen (secondary N) is 1. The van der Waals surface area contributed by atoms with Gasteiger partial charge in [0.15, 0.2) is 0 Å². The summed E-state index contributed by atoms with van der Waals surface area (Å²) in [5.41, 5.74) is 11.7. The molecule has 0 bridgehead atoms. The van der Waals surface area contributed by atoms with Crippen LogP contribution in [0.2, 0.25) is 0 Å². The number of carbonyl (C=O) groups excluding carboxylic acids is 2. The van der Waals surface area contributed by atoms with Gasteiger partial charge in [-0.3, -0.25) is 9.59 Å². The smallest absolute Gasteiger partial charge is 0.253 e. The van der Waals surface area contributed by atoms with E-state index in [1.54, 1.807) is 24.0 Å². The van der Waals surface area contributed by atoms with Crippen molar-refractivity contribution < 1.29 is 9.59 Å². The maximum Gasteiger partial charge on any atom is 0.253 e. The molecule has 2 unspecified atom stereocenters. The lowest BCUT2D eigenvalue weighted by Crippen LogP contribution is -2.49. The summed E-state index contributed by atoms with van der Waals surface area (Å²) in [4.78, 5) is 29.8. The number of rotatable bonds is 4. The molecule has 1 aliphatic heterocycles. The zero-order valence-electron chi connectivity index (χ0n) is 13.7. The molecule has 1 aliphatic rings. The van der Waals surface area contributed by atoms with Gasteiger partial charge in [0.2, 0.25) is 5.91 Å². The van der Waals surface area contributed by atoms with Crippen molar-refractivity contribution in [3.63, 3.8) is 0 Å². The van der Waals surface area contributed by atoms with Crippen LogP contribution in [-0.4, -0.2) is 46.9 Å². The minimum absolute atomic E-state index is 0.00640. The van der Waals surface area contributed by atoms with Gasteiger partial charge in [-0.15, -0.1) is 0 Å². The number of carbonyl (C=O) groups is 2. The van der Waals surface area contributed by atoms with Crippen LogP contribution in [0.15, 0.2) is 18.3 Å². The second kappa shape index (κ2) is 7.41. The molecule has 1 aromatic rings. The number of nitrogens with zero attached hydrogens (tertiary/aromatic N) is 2. The molecule has 0 aromatic carbocycles. The van der Waals surface area contributed by atoms with Crippen molar-refractivity contribution >= 4 is 17.6 Å². The molecule has 1 fully saturated rings. The molecule has 2 heterocycles. The molecule has 7 nitrogen and oxygen atoms in total. The minimum Gasteiger partial charge on any atom is -0.384 e. The van der Waals surface area contributed by atoms with E-state index in [-0.39, 0.29) is 17.9 Å². The zero-order chi connectivity index (χ0) is 17.0. The van der Waals surface area contributed by atoms with Gasteiger partial charge in [0.1, 0.15) is 5.82 Å². The molecule has 5 N–H and O–H groups in total. The quantitative estimate of drug-likeness (QED) is 0.741. The highest BCUT2D eigenvalue weighted by Gasteiger charge is 2.28. The molecule has 0 saturated carbocycles. The summed E-state index contributed by atoms with van der Waals surface area (Å²) in [7, 11) is 0. The second-order valence-corrected chi connectivity index (χ2v) is 6.19. The van der Waals surface area contributed by atoms with Gasteiger partial charge >= 0.3 is 0 Å². The van der Waals surface area contributed by atoms with E-state index in [1.807, 2.05) is 6.92 Å². The van der Waals surface area contributed by atoms with Crippen LogP contribution in [-0.2, 0) is 4.79 Å². The predicted octanol–water partition coefficient (Wildman–Crippen LogP) is 0.368. The lowest BCUT2D eigenvalue weighted by molar-refractivity contribution is -0.133. The number of aromatic nitrogens is 1. The fourth-order valence-corrected chi connectivity index (χ4v) is 2.86. The highest BCUT2D eigenvalue weighted by molar-refractivity contribution is 5.94. The molecule has 0 aliphatic carbocycles. The number of pyridine rings is 1. The van der Waals surface area contributed by atoms with Crippen LogP contribution in [0.3, 0.4) is 0 Å². The van der Waals surface area contributed by atoms with Crippen molar-refractivity contribution in [2.75, 3.05) is 18.8 Å². The van der Waals surface area contributed by atoms with Crippen LogP contribution in [0.25, 0.3) is 0 Å². The Labute approximate surface area is 136 Å². The van der Waals surface area contributed by atoms with Gasteiger partial charge in [0.25, 0.3) is 5.91 Å². The maximum atomic E-state index is 12.2. The first-order chi connectivity index (χ1) is 10.9. The van der Waals surface area contributed by atoms with E-state index < -0.39 is 6.04 Å². The third kappa shape index (κ3) is 4.41. The lowest BCUT2D eigenvalue weighted by Gasteiger charge is -2.35. The lowest BCUT2D eigenvalue weighted by atomic mass is 9.90. The number of hydrogen-bond donors (Lipinski definition) is 3. The molecule has 23 heavy (non-hydrogen) atoms. The van der Waals surface area contributed by atoms with Gasteiger partial charge in [-0.1, -0.05) is 0 Å². The van der Waals surface area contributed by atoms with Crippen LogP contribution in [0.5, 0.6) is 0 Å². The minimum atomic E-state index is -0.457. The Morgan fingerprint density at radius 1 is 1.30 bits per heavy atom. The Hall–Kier alpha value is -2.15. The number of nitrogen functional groups attached to an aromatic ring is 1. The summed E-state index contributed by atoms with van der Waals surface area (Å²) in [5, 5.41) is 3.00. The third-order valence-corrected chi connectivity index (χ3v) is 4.36. The number of amides is 2. The maximum absolute atomic E-state index is 12.2. The van der Waals surface area contributed by atoms with E-state index in [1.165, 1.54) is 6.20 Å². The summed E-state index contributed by atoms with van der Waals surface area (Å²) in [6, 6.07) is 2.85. The number of nitrogens with two attached hydrogens (primary N) is 2. The topological polar surface area (TPSA) is 114 Å². The van der Waals surface area contributed by atoms with E-state index in [2.05, 4.69) is 10.3 Å². The van der Waals surface area contributed by atoms with E-state index in [4.69, 9.17) is 11.5 Å². The number of piperidine rings is 1. The Kier molecular flexibility index (Phi) is 5.54. The molecular formula is C16H25N5O2. The Morgan fingerprint density at radius 3 is 2.48 bits per heavy atom. The summed E-state index contributed by atoms with van der Waals surface area (Å²) in [5.74, 6) is 0.575. The van der Waals surface area contributed by atoms with Crippen LogP contribution in [0.4, 0.5) is 5.82 Å². The first-order valence-corrected chi connectivity index (χ1v) is 7.95. The van der Waals surface area contributed by atoms with Crippen molar-refractivity contribution in [1.29, 1.82) is 0 Å². The molecule has 0 spiro atoms. The van der Waals surface area contributed by atoms with E-state index >= 15 is 0 Å². The molecule has 7 heteroatoms. The summed E-state index contributed by atoms with van der Waals surface area (Å²) in [6.45, 7) is 5.08. The Balaban J connectivity index is 1.85. The number of hydrogen-bond acceptors (Lipinski definition) is 5. The molecule has 126 valence electrons. The average Bonchev–Trinajstić information content (AvgIpc) is 2.54. The standard InChI is InChI=1S/C16H25N5O2/c1-10(17)16(23)21-7-5-12(6-8-21)11(2)20-15(22)13-3-4-14(18)19-9-13/h3-4,9-12H,5-8,17H2,1-2H3,(H2,18,19)(H,20,22). The summed E-state index contributed by atoms with van der Waals surface area (Å²) >= 11 is 0. The molecule has 1 aromatic heterocycles. The van der Waals surface area contributed by atoms with Crippen LogP contribution >= 0.6 is 0 Å². The predicted molar refractivity (Wildman–Crippen MR) is 88.5 cm³/mol. The SMILES string of the molecule is CC(N)C(=O)N1CCC(C(C)NC(=O)c2ccc(N)nc2)CC1. The number of anilines is 1.